The zero-order valence-corrected chi connectivity index (χ0v) is 34.2. The van der Waals surface area contributed by atoms with Gasteiger partial charge in [-0.25, -0.2) is 8.42 Å². The van der Waals surface area contributed by atoms with E-state index in [4.69, 9.17) is 4.98 Å². The first-order valence-electron chi connectivity index (χ1n) is 20.8. The molecule has 2 aliphatic heterocycles. The number of anilines is 6. The lowest BCUT2D eigenvalue weighted by atomic mass is 9.64. The van der Waals surface area contributed by atoms with Gasteiger partial charge in [0.05, 0.1) is 55.0 Å². The number of hydrogen-bond donors (Lipinski definition) is 0. The molecule has 2 aliphatic carbocycles. The van der Waals surface area contributed by atoms with Crippen molar-refractivity contribution >= 4 is 44.0 Å². The predicted octanol–water partition coefficient (Wildman–Crippen LogP) is 13.3. The molecule has 1 aromatic heterocycles. The highest BCUT2D eigenvalue weighted by Crippen LogP contribution is 2.66. The van der Waals surface area contributed by atoms with E-state index in [1.165, 1.54) is 0 Å². The van der Waals surface area contributed by atoms with Crippen LogP contribution in [0, 0.1) is 0 Å². The Morgan fingerprint density at radius 3 is 1.87 bits per heavy atom. The monoisotopic (exact) mass is 805 g/mol. The van der Waals surface area contributed by atoms with Crippen LogP contribution in [0.15, 0.2) is 216 Å². The van der Waals surface area contributed by atoms with Gasteiger partial charge in [-0.3, -0.25) is 4.98 Å². The molecule has 1 unspecified atom stereocenters. The number of allylic oxidation sites excluding steroid dienone is 4. The summed E-state index contributed by atoms with van der Waals surface area (Å²) < 4.78 is 29.6. The number of para-hydroxylation sites is 4. The third-order valence-electron chi connectivity index (χ3n) is 13.1. The maximum absolute atomic E-state index is 14.8. The maximum atomic E-state index is 14.8. The number of hydrogen-bond acceptors (Lipinski definition) is 5. The summed E-state index contributed by atoms with van der Waals surface area (Å²) in [5, 5.41) is 0. The van der Waals surface area contributed by atoms with Crippen molar-refractivity contribution in [1.29, 1.82) is 0 Å². The molecule has 7 aromatic carbocycles. The summed E-state index contributed by atoms with van der Waals surface area (Å²) in [6.07, 6.45) is 9.59. The second-order valence-electron chi connectivity index (χ2n) is 16.5. The van der Waals surface area contributed by atoms with Gasteiger partial charge in [-0.2, -0.15) is 0 Å². The smallest absolute Gasteiger partial charge is 0.210 e. The third kappa shape index (κ3) is 4.94. The molecular formula is C55H39N3O2S. The molecule has 292 valence electrons. The van der Waals surface area contributed by atoms with E-state index in [9.17, 15) is 8.42 Å². The topological polar surface area (TPSA) is 53.5 Å². The molecule has 5 nitrogen and oxygen atoms in total. The minimum absolute atomic E-state index is 0.295. The summed E-state index contributed by atoms with van der Waals surface area (Å²) in [4.78, 5) is 10.5. The first-order valence-corrected chi connectivity index (χ1v) is 22.3. The number of sulfone groups is 1. The number of aromatic nitrogens is 1. The Bertz CT molecular complexity index is 3240. The van der Waals surface area contributed by atoms with Crippen LogP contribution in [0.4, 0.5) is 34.1 Å². The summed E-state index contributed by atoms with van der Waals surface area (Å²) in [6.45, 7) is 2.27. The molecule has 0 saturated heterocycles. The molecule has 0 amide bonds. The van der Waals surface area contributed by atoms with Crippen LogP contribution in [-0.2, 0) is 20.7 Å². The highest BCUT2D eigenvalue weighted by Gasteiger charge is 2.54. The zero-order valence-electron chi connectivity index (χ0n) is 33.4. The maximum Gasteiger partial charge on any atom is 0.210 e. The third-order valence-corrected chi connectivity index (χ3v) is 15.0. The fourth-order valence-corrected chi connectivity index (χ4v) is 12.1. The second-order valence-corrected chi connectivity index (χ2v) is 18.4. The van der Waals surface area contributed by atoms with Gasteiger partial charge in [0.2, 0.25) is 9.84 Å². The number of nitrogens with zero attached hydrogens (tertiary/aromatic N) is 3. The molecule has 0 fully saturated rings. The quantitative estimate of drug-likeness (QED) is 0.177. The van der Waals surface area contributed by atoms with E-state index < -0.39 is 15.3 Å². The van der Waals surface area contributed by atoms with Crippen molar-refractivity contribution in [3.63, 3.8) is 0 Å². The standard InChI is InChI=1S/C55H39N3O2S/c1-54(33-17-4-18-34-54)51-36-39(35-45(56-51)37-19-5-2-6-20-37)57-46-27-13-11-25-42(46)55(43-26-12-14-28-47(43)57)41-24-10-9-23-40(41)52-44(55)31-32-50-53(52)58(38-21-7-3-8-22-38)48-29-15-16-30-49(48)61(50,59)60/h2-33,35-36H,34H2,1H3. The SMILES string of the molecule is CC1(c2cc(N3c4ccccc4C4(c5ccccc5-c5c4ccc4c5N(c5ccccc5)c5ccccc5S4(=O)=O)c4ccccc43)cc(-c3ccccc3)n2)C=CC=CC1. The van der Waals surface area contributed by atoms with Gasteiger partial charge in [0.15, 0.2) is 0 Å². The van der Waals surface area contributed by atoms with E-state index in [2.05, 4.69) is 168 Å². The van der Waals surface area contributed by atoms with Crippen LogP contribution in [0.1, 0.15) is 41.3 Å². The van der Waals surface area contributed by atoms with Crippen molar-refractivity contribution in [2.24, 2.45) is 0 Å². The average Bonchev–Trinajstić information content (AvgIpc) is 3.61. The fourth-order valence-electron chi connectivity index (χ4n) is 10.4. The van der Waals surface area contributed by atoms with Crippen molar-refractivity contribution < 1.29 is 8.42 Å². The molecule has 1 atom stereocenters. The molecule has 0 N–H and O–H groups in total. The van der Waals surface area contributed by atoms with Gasteiger partial charge in [0, 0.05) is 22.2 Å². The van der Waals surface area contributed by atoms with Gasteiger partial charge in [-0.05, 0) is 88.8 Å². The van der Waals surface area contributed by atoms with Crippen LogP contribution >= 0.6 is 0 Å². The Hall–Kier alpha value is -7.28. The van der Waals surface area contributed by atoms with Gasteiger partial charge < -0.3 is 9.80 Å². The highest BCUT2D eigenvalue weighted by molar-refractivity contribution is 7.92. The summed E-state index contributed by atoms with van der Waals surface area (Å²) in [5.41, 5.74) is 13.6. The highest BCUT2D eigenvalue weighted by atomic mass is 32.2. The van der Waals surface area contributed by atoms with Crippen molar-refractivity contribution in [2.75, 3.05) is 9.80 Å². The molecule has 4 aliphatic rings. The Kier molecular flexibility index (Phi) is 7.66. The minimum atomic E-state index is -3.88. The Labute approximate surface area is 356 Å². The molecule has 61 heavy (non-hydrogen) atoms. The van der Waals surface area contributed by atoms with E-state index in [0.29, 0.717) is 21.2 Å². The zero-order chi connectivity index (χ0) is 40.9. The number of fused-ring (bicyclic) bond motifs is 12. The van der Waals surface area contributed by atoms with Crippen LogP contribution in [0.3, 0.4) is 0 Å². The Morgan fingerprint density at radius 2 is 1.16 bits per heavy atom. The number of pyridine rings is 1. The van der Waals surface area contributed by atoms with Crippen molar-refractivity contribution in [3.05, 3.63) is 234 Å². The summed E-state index contributed by atoms with van der Waals surface area (Å²) >= 11 is 0. The second kappa shape index (κ2) is 13.1. The molecule has 1 spiro atoms. The lowest BCUT2D eigenvalue weighted by molar-refractivity contribution is 0.580. The van der Waals surface area contributed by atoms with Crippen molar-refractivity contribution in [3.8, 4) is 22.4 Å². The number of benzene rings is 7. The first kappa shape index (κ1) is 35.6. The molecule has 3 heterocycles. The van der Waals surface area contributed by atoms with Gasteiger partial charge in [0.25, 0.3) is 0 Å². The lowest BCUT2D eigenvalue weighted by Gasteiger charge is -2.45. The first-order chi connectivity index (χ1) is 29.9. The molecular weight excluding hydrogens is 767 g/mol. The van der Waals surface area contributed by atoms with Crippen LogP contribution in [0.25, 0.3) is 22.4 Å². The Morgan fingerprint density at radius 1 is 0.541 bits per heavy atom. The normalized spacial score (nSPS) is 18.1. The summed E-state index contributed by atoms with van der Waals surface area (Å²) in [5.74, 6) is 0. The summed E-state index contributed by atoms with van der Waals surface area (Å²) in [6, 6.07) is 62.5. The lowest BCUT2D eigenvalue weighted by Crippen LogP contribution is -2.36. The van der Waals surface area contributed by atoms with E-state index in [1.54, 1.807) is 6.07 Å². The van der Waals surface area contributed by atoms with Gasteiger partial charge in [-0.1, -0.05) is 159 Å². The molecule has 0 saturated carbocycles. The Balaban J connectivity index is 1.16. The van der Waals surface area contributed by atoms with Crippen LogP contribution in [0.5, 0.6) is 0 Å². The average molecular weight is 806 g/mol. The van der Waals surface area contributed by atoms with Gasteiger partial charge >= 0.3 is 0 Å². The van der Waals surface area contributed by atoms with Crippen LogP contribution in [0.2, 0.25) is 0 Å². The molecule has 0 radical (unpaired) electrons. The largest absolute Gasteiger partial charge is 0.310 e. The van der Waals surface area contributed by atoms with Crippen LogP contribution < -0.4 is 9.80 Å². The van der Waals surface area contributed by atoms with E-state index >= 15 is 0 Å². The molecule has 12 rings (SSSR count). The summed E-state index contributed by atoms with van der Waals surface area (Å²) in [7, 11) is -3.88. The molecule has 0 bridgehead atoms. The van der Waals surface area contributed by atoms with E-state index in [1.807, 2.05) is 48.5 Å². The van der Waals surface area contributed by atoms with Crippen molar-refractivity contribution in [1.82, 2.24) is 4.98 Å². The van der Waals surface area contributed by atoms with E-state index in [0.717, 1.165) is 79.5 Å². The van der Waals surface area contributed by atoms with Crippen molar-refractivity contribution in [2.45, 2.75) is 34.0 Å². The molecule has 8 aromatic rings. The molecule has 6 heteroatoms. The van der Waals surface area contributed by atoms with Gasteiger partial charge in [-0.15, -0.1) is 0 Å². The van der Waals surface area contributed by atoms with E-state index in [-0.39, 0.29) is 5.41 Å². The minimum Gasteiger partial charge on any atom is -0.310 e. The number of rotatable bonds is 4. The van der Waals surface area contributed by atoms with Crippen LogP contribution in [-0.4, -0.2) is 13.4 Å². The fraction of sp³-hybridized carbons (Fsp3) is 0.0727. The van der Waals surface area contributed by atoms with Gasteiger partial charge in [0.1, 0.15) is 0 Å². The predicted molar refractivity (Wildman–Crippen MR) is 246 cm³/mol.